The van der Waals surface area contributed by atoms with E-state index in [-0.39, 0.29) is 5.69 Å². The number of benzene rings is 2. The van der Waals surface area contributed by atoms with Crippen LogP contribution in [0.5, 0.6) is 0 Å². The van der Waals surface area contributed by atoms with Crippen molar-refractivity contribution in [3.05, 3.63) is 69.6 Å². The number of alkyl halides is 3. The Bertz CT molecular complexity index is 956. The van der Waals surface area contributed by atoms with E-state index in [9.17, 15) is 23.3 Å². The highest BCUT2D eigenvalue weighted by molar-refractivity contribution is 7.14. The molecule has 1 heterocycles. The van der Waals surface area contributed by atoms with E-state index in [1.165, 1.54) is 29.5 Å². The van der Waals surface area contributed by atoms with Crippen molar-refractivity contribution >= 4 is 27.8 Å². The number of aromatic nitrogens is 1. The van der Waals surface area contributed by atoms with Crippen molar-refractivity contribution in [2.24, 2.45) is 0 Å². The molecule has 26 heavy (non-hydrogen) atoms. The van der Waals surface area contributed by atoms with Crippen LogP contribution in [0, 0.1) is 10.1 Å². The first-order chi connectivity index (χ1) is 12.3. The molecule has 1 aromatic heterocycles. The van der Waals surface area contributed by atoms with Crippen LogP contribution < -0.4 is 4.90 Å². The molecule has 0 saturated carbocycles. The van der Waals surface area contributed by atoms with Gasteiger partial charge in [0.2, 0.25) is 0 Å². The Morgan fingerprint density at radius 1 is 1.15 bits per heavy atom. The first-order valence-electron chi connectivity index (χ1n) is 7.37. The van der Waals surface area contributed by atoms with E-state index in [0.29, 0.717) is 22.1 Å². The van der Waals surface area contributed by atoms with Gasteiger partial charge in [-0.3, -0.25) is 10.1 Å². The summed E-state index contributed by atoms with van der Waals surface area (Å²) >= 11 is 1.24. The molecule has 3 aromatic rings. The van der Waals surface area contributed by atoms with Crippen molar-refractivity contribution in [1.82, 2.24) is 4.98 Å². The molecule has 0 fully saturated rings. The minimum Gasteiger partial charge on any atom is -0.321 e. The van der Waals surface area contributed by atoms with Crippen LogP contribution in [0.15, 0.2) is 53.9 Å². The molecule has 0 unspecified atom stereocenters. The zero-order valence-electron chi connectivity index (χ0n) is 13.4. The number of hydrogen-bond donors (Lipinski definition) is 0. The largest absolute Gasteiger partial charge is 0.416 e. The van der Waals surface area contributed by atoms with E-state index in [1.54, 1.807) is 35.5 Å². The minimum atomic E-state index is -4.42. The summed E-state index contributed by atoms with van der Waals surface area (Å²) in [5.41, 5.74) is 0.645. The average Bonchev–Trinajstić information content (AvgIpc) is 3.10. The van der Waals surface area contributed by atoms with Crippen molar-refractivity contribution in [3.8, 4) is 11.3 Å². The molecule has 0 aliphatic heterocycles. The van der Waals surface area contributed by atoms with Gasteiger partial charge < -0.3 is 4.90 Å². The number of rotatable bonds is 4. The number of non-ortho nitro benzene ring substituents is 1. The molecule has 0 radical (unpaired) electrons. The fourth-order valence-corrected chi connectivity index (χ4v) is 3.15. The SMILES string of the molecule is CN(c1cccc(C(F)(F)F)c1)c1nc(-c2cccc([N+](=O)[O-])c2)cs1. The highest BCUT2D eigenvalue weighted by Gasteiger charge is 2.30. The topological polar surface area (TPSA) is 59.3 Å². The molecule has 0 aliphatic carbocycles. The van der Waals surface area contributed by atoms with Crippen LogP contribution >= 0.6 is 11.3 Å². The molecule has 0 atom stereocenters. The third-order valence-electron chi connectivity index (χ3n) is 3.69. The molecular formula is C17H12F3N3O2S. The second kappa shape index (κ2) is 6.75. The van der Waals surface area contributed by atoms with E-state index >= 15 is 0 Å². The number of nitrogens with zero attached hydrogens (tertiary/aromatic N) is 3. The standard InChI is InChI=1S/C17H12F3N3O2S/c1-22(13-6-3-5-12(9-13)17(18,19)20)16-21-15(10-26-16)11-4-2-7-14(8-11)23(24)25/h2-10H,1H3. The summed E-state index contributed by atoms with van der Waals surface area (Å²) in [5.74, 6) is 0. The van der Waals surface area contributed by atoms with Crippen molar-refractivity contribution < 1.29 is 18.1 Å². The average molecular weight is 379 g/mol. The first kappa shape index (κ1) is 17.9. The lowest BCUT2D eigenvalue weighted by atomic mass is 10.1. The number of anilines is 2. The molecule has 0 amide bonds. The van der Waals surface area contributed by atoms with Gasteiger partial charge in [0.05, 0.1) is 16.2 Å². The molecule has 5 nitrogen and oxygen atoms in total. The Kier molecular flexibility index (Phi) is 4.64. The molecule has 3 rings (SSSR count). The van der Waals surface area contributed by atoms with E-state index in [2.05, 4.69) is 4.98 Å². The van der Waals surface area contributed by atoms with Gasteiger partial charge in [-0.2, -0.15) is 13.2 Å². The first-order valence-corrected chi connectivity index (χ1v) is 8.25. The van der Waals surface area contributed by atoms with E-state index in [0.717, 1.165) is 12.1 Å². The summed E-state index contributed by atoms with van der Waals surface area (Å²) in [5, 5.41) is 13.1. The Balaban J connectivity index is 1.90. The van der Waals surface area contributed by atoms with Crippen molar-refractivity contribution in [3.63, 3.8) is 0 Å². The lowest BCUT2D eigenvalue weighted by molar-refractivity contribution is -0.384. The zero-order valence-corrected chi connectivity index (χ0v) is 14.2. The number of nitro groups is 1. The Morgan fingerprint density at radius 3 is 2.58 bits per heavy atom. The third-order valence-corrected chi connectivity index (χ3v) is 4.61. The van der Waals surface area contributed by atoms with Gasteiger partial charge in [-0.25, -0.2) is 4.98 Å². The van der Waals surface area contributed by atoms with Crippen LogP contribution in [-0.2, 0) is 6.18 Å². The Labute approximate surface area is 150 Å². The third kappa shape index (κ3) is 3.67. The van der Waals surface area contributed by atoms with Crippen molar-refractivity contribution in [2.45, 2.75) is 6.18 Å². The molecule has 0 saturated heterocycles. The summed E-state index contributed by atoms with van der Waals surface area (Å²) in [6.07, 6.45) is -4.42. The van der Waals surface area contributed by atoms with Crippen LogP contribution in [0.3, 0.4) is 0 Å². The fourth-order valence-electron chi connectivity index (χ4n) is 2.33. The number of nitro benzene ring substituents is 1. The normalized spacial score (nSPS) is 11.4. The summed E-state index contributed by atoms with van der Waals surface area (Å²) < 4.78 is 38.6. The van der Waals surface area contributed by atoms with E-state index in [1.807, 2.05) is 0 Å². The number of hydrogen-bond acceptors (Lipinski definition) is 5. The molecule has 0 N–H and O–H groups in total. The second-order valence-corrected chi connectivity index (χ2v) is 6.27. The monoisotopic (exact) mass is 379 g/mol. The zero-order chi connectivity index (χ0) is 18.9. The summed E-state index contributed by atoms with van der Waals surface area (Å²) in [6, 6.07) is 11.0. The Hall–Kier alpha value is -2.94. The quantitative estimate of drug-likeness (QED) is 0.443. The highest BCUT2D eigenvalue weighted by atomic mass is 32.1. The fraction of sp³-hybridized carbons (Fsp3) is 0.118. The number of thiazole rings is 1. The molecule has 0 bridgehead atoms. The van der Waals surface area contributed by atoms with Crippen LogP contribution in [0.2, 0.25) is 0 Å². The van der Waals surface area contributed by atoms with Crippen LogP contribution in [0.25, 0.3) is 11.3 Å². The van der Waals surface area contributed by atoms with Gasteiger partial charge in [0.25, 0.3) is 5.69 Å². The molecular weight excluding hydrogens is 367 g/mol. The van der Waals surface area contributed by atoms with E-state index < -0.39 is 16.7 Å². The lowest BCUT2D eigenvalue weighted by Gasteiger charge is -2.17. The molecule has 134 valence electrons. The maximum atomic E-state index is 12.9. The van der Waals surface area contributed by atoms with Gasteiger partial charge in [-0.1, -0.05) is 18.2 Å². The van der Waals surface area contributed by atoms with E-state index in [4.69, 9.17) is 0 Å². The van der Waals surface area contributed by atoms with Crippen LogP contribution in [0.1, 0.15) is 5.56 Å². The maximum absolute atomic E-state index is 12.9. The molecule has 0 aliphatic rings. The summed E-state index contributed by atoms with van der Waals surface area (Å²) in [6.45, 7) is 0. The smallest absolute Gasteiger partial charge is 0.321 e. The van der Waals surface area contributed by atoms with Gasteiger partial charge in [-0.05, 0) is 18.2 Å². The maximum Gasteiger partial charge on any atom is 0.416 e. The second-order valence-electron chi connectivity index (χ2n) is 5.43. The lowest BCUT2D eigenvalue weighted by Crippen LogP contribution is -2.11. The molecule has 9 heteroatoms. The van der Waals surface area contributed by atoms with Gasteiger partial charge in [0.15, 0.2) is 5.13 Å². The van der Waals surface area contributed by atoms with Crippen LogP contribution in [0.4, 0.5) is 29.7 Å². The molecule has 0 spiro atoms. The minimum absolute atomic E-state index is 0.0525. The van der Waals surface area contributed by atoms with Gasteiger partial charge in [-0.15, -0.1) is 11.3 Å². The molecule has 2 aromatic carbocycles. The predicted octanol–water partition coefficient (Wildman–Crippen LogP) is 5.51. The van der Waals surface area contributed by atoms with Crippen molar-refractivity contribution in [2.75, 3.05) is 11.9 Å². The summed E-state index contributed by atoms with van der Waals surface area (Å²) in [4.78, 5) is 16.3. The van der Waals surface area contributed by atoms with Gasteiger partial charge in [0, 0.05) is 35.8 Å². The predicted molar refractivity (Wildman–Crippen MR) is 93.7 cm³/mol. The highest BCUT2D eigenvalue weighted by Crippen LogP contribution is 2.35. The number of halogens is 3. The Morgan fingerprint density at radius 2 is 1.88 bits per heavy atom. The van der Waals surface area contributed by atoms with Crippen LogP contribution in [-0.4, -0.2) is 17.0 Å². The van der Waals surface area contributed by atoms with Gasteiger partial charge >= 0.3 is 6.18 Å². The van der Waals surface area contributed by atoms with Gasteiger partial charge in [0.1, 0.15) is 0 Å². The summed E-state index contributed by atoms with van der Waals surface area (Å²) in [7, 11) is 1.62. The van der Waals surface area contributed by atoms with Crippen molar-refractivity contribution in [1.29, 1.82) is 0 Å².